The van der Waals surface area contributed by atoms with Crippen molar-refractivity contribution in [1.29, 1.82) is 0 Å². The first-order valence-electron chi connectivity index (χ1n) is 5.56. The van der Waals surface area contributed by atoms with Crippen LogP contribution in [0.5, 0.6) is 0 Å². The molecule has 1 heterocycles. The van der Waals surface area contributed by atoms with Gasteiger partial charge in [0.05, 0.1) is 4.92 Å². The van der Waals surface area contributed by atoms with Crippen LogP contribution in [0.25, 0.3) is 0 Å². The van der Waals surface area contributed by atoms with Crippen molar-refractivity contribution >= 4 is 17.1 Å². The van der Waals surface area contributed by atoms with Crippen LogP contribution in [-0.2, 0) is 0 Å². The number of nitro groups is 1. The first kappa shape index (κ1) is 11.7. The van der Waals surface area contributed by atoms with Crippen molar-refractivity contribution in [2.45, 2.75) is 12.5 Å². The van der Waals surface area contributed by atoms with Crippen molar-refractivity contribution in [3.8, 4) is 0 Å². The van der Waals surface area contributed by atoms with Gasteiger partial charge in [0.1, 0.15) is 11.4 Å². The normalized spacial score (nSPS) is 20.4. The molecule has 2 rings (SSSR count). The van der Waals surface area contributed by atoms with Gasteiger partial charge in [0, 0.05) is 12.6 Å². The molecule has 1 saturated heterocycles. The van der Waals surface area contributed by atoms with Gasteiger partial charge in [-0.2, -0.15) is 0 Å². The summed E-state index contributed by atoms with van der Waals surface area (Å²) in [5.74, 6) is 0. The molecule has 17 heavy (non-hydrogen) atoms. The third-order valence-electron chi connectivity index (χ3n) is 3.00. The summed E-state index contributed by atoms with van der Waals surface area (Å²) in [6, 6.07) is 5.22. The maximum atomic E-state index is 11.0. The molecule has 0 bridgehead atoms. The van der Waals surface area contributed by atoms with Crippen LogP contribution in [-0.4, -0.2) is 36.0 Å². The number of nitrogen functional groups attached to an aromatic ring is 1. The second-order valence-electron chi connectivity index (χ2n) is 4.39. The minimum Gasteiger partial charge on any atom is -0.393 e. The summed E-state index contributed by atoms with van der Waals surface area (Å²) in [7, 11) is 2.04. The van der Waals surface area contributed by atoms with Crippen LogP contribution >= 0.6 is 0 Å². The molecular formula is C11H16N4O2. The molecule has 1 aliphatic heterocycles. The number of nitro benzene ring substituents is 1. The Kier molecular flexibility index (Phi) is 3.14. The Morgan fingerprint density at radius 3 is 2.94 bits per heavy atom. The highest BCUT2D eigenvalue weighted by Gasteiger charge is 2.23. The summed E-state index contributed by atoms with van der Waals surface area (Å²) in [6.45, 7) is 1.90. The van der Waals surface area contributed by atoms with Crippen LogP contribution in [0, 0.1) is 10.1 Å². The van der Waals surface area contributed by atoms with Crippen molar-refractivity contribution in [3.05, 3.63) is 28.3 Å². The number of nitrogens with zero attached hydrogens (tertiary/aromatic N) is 2. The maximum Gasteiger partial charge on any atom is 0.314 e. The van der Waals surface area contributed by atoms with E-state index in [4.69, 9.17) is 5.73 Å². The van der Waals surface area contributed by atoms with Crippen LogP contribution in [0.4, 0.5) is 17.1 Å². The number of likely N-dealkylation sites (N-methyl/N-ethyl adjacent to an activating group) is 1. The van der Waals surface area contributed by atoms with Crippen LogP contribution in [0.1, 0.15) is 6.42 Å². The molecule has 0 amide bonds. The van der Waals surface area contributed by atoms with Crippen molar-refractivity contribution in [2.24, 2.45) is 0 Å². The summed E-state index contributed by atoms with van der Waals surface area (Å²) in [6.07, 6.45) is 0.989. The van der Waals surface area contributed by atoms with E-state index < -0.39 is 4.92 Å². The molecule has 0 spiro atoms. The van der Waals surface area contributed by atoms with Crippen LogP contribution in [0.3, 0.4) is 0 Å². The van der Waals surface area contributed by atoms with Gasteiger partial charge in [-0.05, 0) is 32.1 Å². The van der Waals surface area contributed by atoms with E-state index in [0.717, 1.165) is 19.5 Å². The number of para-hydroxylation sites is 1. The van der Waals surface area contributed by atoms with Crippen molar-refractivity contribution < 1.29 is 4.92 Å². The molecule has 1 aliphatic rings. The molecule has 6 nitrogen and oxygen atoms in total. The zero-order valence-electron chi connectivity index (χ0n) is 9.72. The molecule has 1 aromatic rings. The average molecular weight is 236 g/mol. The number of anilines is 2. The fourth-order valence-electron chi connectivity index (χ4n) is 2.15. The van der Waals surface area contributed by atoms with E-state index >= 15 is 0 Å². The molecule has 1 fully saturated rings. The largest absolute Gasteiger partial charge is 0.393 e. The predicted molar refractivity (Wildman–Crippen MR) is 67.0 cm³/mol. The van der Waals surface area contributed by atoms with E-state index in [1.807, 2.05) is 7.05 Å². The van der Waals surface area contributed by atoms with Crippen LogP contribution in [0.2, 0.25) is 0 Å². The minimum atomic E-state index is -0.434. The van der Waals surface area contributed by atoms with E-state index in [9.17, 15) is 10.1 Å². The summed E-state index contributed by atoms with van der Waals surface area (Å²) in [5.41, 5.74) is 6.32. The molecule has 1 unspecified atom stereocenters. The molecule has 1 atom stereocenters. The highest BCUT2D eigenvalue weighted by molar-refractivity contribution is 5.74. The van der Waals surface area contributed by atoms with Gasteiger partial charge in [-0.15, -0.1) is 0 Å². The van der Waals surface area contributed by atoms with Gasteiger partial charge in [-0.1, -0.05) is 6.07 Å². The molecule has 1 aromatic carbocycles. The van der Waals surface area contributed by atoms with Gasteiger partial charge in [-0.3, -0.25) is 10.1 Å². The average Bonchev–Trinajstić information content (AvgIpc) is 2.63. The zero-order chi connectivity index (χ0) is 12.4. The van der Waals surface area contributed by atoms with E-state index in [1.165, 1.54) is 0 Å². The Hall–Kier alpha value is -1.82. The standard InChI is InChI=1S/C11H16N4O2/c1-14-6-5-8(7-14)13-10-4-2-3-9(12)11(10)15(16)17/h2-4,8,13H,5-7,12H2,1H3. The lowest BCUT2D eigenvalue weighted by Gasteiger charge is -2.14. The van der Waals surface area contributed by atoms with E-state index in [1.54, 1.807) is 18.2 Å². The molecule has 92 valence electrons. The molecule has 0 saturated carbocycles. The van der Waals surface area contributed by atoms with Gasteiger partial charge in [-0.25, -0.2) is 0 Å². The van der Waals surface area contributed by atoms with Gasteiger partial charge in [0.25, 0.3) is 0 Å². The smallest absolute Gasteiger partial charge is 0.314 e. The SMILES string of the molecule is CN1CCC(Nc2cccc(N)c2[N+](=O)[O-])C1. The van der Waals surface area contributed by atoms with Crippen molar-refractivity contribution in [3.63, 3.8) is 0 Å². The Morgan fingerprint density at radius 2 is 2.35 bits per heavy atom. The molecule has 0 radical (unpaired) electrons. The van der Waals surface area contributed by atoms with Crippen LogP contribution in [0.15, 0.2) is 18.2 Å². The maximum absolute atomic E-state index is 11.0. The summed E-state index contributed by atoms with van der Waals surface area (Å²) >= 11 is 0. The molecule has 6 heteroatoms. The van der Waals surface area contributed by atoms with E-state index in [-0.39, 0.29) is 17.4 Å². The predicted octanol–water partition coefficient (Wildman–Crippen LogP) is 1.29. The second-order valence-corrected chi connectivity index (χ2v) is 4.39. The lowest BCUT2D eigenvalue weighted by Crippen LogP contribution is -2.24. The monoisotopic (exact) mass is 236 g/mol. The number of nitrogens with two attached hydrogens (primary N) is 1. The fraction of sp³-hybridized carbons (Fsp3) is 0.455. The number of hydrogen-bond acceptors (Lipinski definition) is 5. The molecule has 3 N–H and O–H groups in total. The lowest BCUT2D eigenvalue weighted by molar-refractivity contribution is -0.383. The highest BCUT2D eigenvalue weighted by Crippen LogP contribution is 2.31. The Labute approximate surface area is 99.6 Å². The molecule has 0 aliphatic carbocycles. The fourth-order valence-corrected chi connectivity index (χ4v) is 2.15. The molecular weight excluding hydrogens is 220 g/mol. The molecule has 0 aromatic heterocycles. The van der Waals surface area contributed by atoms with Crippen LogP contribution < -0.4 is 11.1 Å². The quantitative estimate of drug-likeness (QED) is 0.469. The number of hydrogen-bond donors (Lipinski definition) is 2. The number of rotatable bonds is 3. The number of benzene rings is 1. The van der Waals surface area contributed by atoms with Crippen molar-refractivity contribution in [2.75, 3.05) is 31.2 Å². The topological polar surface area (TPSA) is 84.4 Å². The summed E-state index contributed by atoms with van der Waals surface area (Å²) in [5, 5.41) is 14.2. The summed E-state index contributed by atoms with van der Waals surface area (Å²) < 4.78 is 0. The number of likely N-dealkylation sites (tertiary alicyclic amines) is 1. The lowest BCUT2D eigenvalue weighted by atomic mass is 10.2. The van der Waals surface area contributed by atoms with Crippen molar-refractivity contribution in [1.82, 2.24) is 4.90 Å². The van der Waals surface area contributed by atoms with E-state index in [0.29, 0.717) is 5.69 Å². The zero-order valence-corrected chi connectivity index (χ0v) is 9.72. The van der Waals surface area contributed by atoms with Gasteiger partial charge in [0.2, 0.25) is 0 Å². The third kappa shape index (κ3) is 2.47. The van der Waals surface area contributed by atoms with Gasteiger partial charge < -0.3 is 16.0 Å². The minimum absolute atomic E-state index is 0.0259. The Balaban J connectivity index is 2.20. The highest BCUT2D eigenvalue weighted by atomic mass is 16.6. The Bertz CT molecular complexity index is 435. The van der Waals surface area contributed by atoms with Gasteiger partial charge in [0.15, 0.2) is 0 Å². The second kappa shape index (κ2) is 4.58. The first-order valence-corrected chi connectivity index (χ1v) is 5.56. The third-order valence-corrected chi connectivity index (χ3v) is 3.00. The van der Waals surface area contributed by atoms with E-state index in [2.05, 4.69) is 10.2 Å². The first-order chi connectivity index (χ1) is 8.08. The van der Waals surface area contributed by atoms with Gasteiger partial charge >= 0.3 is 5.69 Å². The number of nitrogens with one attached hydrogen (secondary N) is 1. The Morgan fingerprint density at radius 1 is 1.59 bits per heavy atom. The summed E-state index contributed by atoms with van der Waals surface area (Å²) in [4.78, 5) is 12.7.